The molecule has 1 fully saturated rings. The number of rotatable bonds is 5. The molecule has 1 amide bonds. The van der Waals surface area contributed by atoms with Crippen LogP contribution in [0.25, 0.3) is 20.8 Å². The molecule has 162 valence electrons. The number of sulfonamides is 1. The van der Waals surface area contributed by atoms with Gasteiger partial charge in [0, 0.05) is 29.9 Å². The minimum Gasteiger partial charge on any atom is -0.322 e. The fourth-order valence-corrected chi connectivity index (χ4v) is 6.24. The Hall–Kier alpha value is -3.07. The van der Waals surface area contributed by atoms with Crippen molar-refractivity contribution in [3.63, 3.8) is 0 Å². The Kier molecular flexibility index (Phi) is 5.50. The zero-order valence-corrected chi connectivity index (χ0v) is 18.8. The topological polar surface area (TPSA) is 79.4 Å². The molecule has 0 atom stereocenters. The Balaban J connectivity index is 1.28. The number of amides is 1. The highest BCUT2D eigenvalue weighted by atomic mass is 32.2. The molecule has 3 aromatic carbocycles. The molecular weight excluding hydrogens is 442 g/mol. The van der Waals surface area contributed by atoms with Crippen molar-refractivity contribution in [1.82, 2.24) is 9.29 Å². The first kappa shape index (κ1) is 20.8. The van der Waals surface area contributed by atoms with Crippen molar-refractivity contribution >= 4 is 43.2 Å². The van der Waals surface area contributed by atoms with Gasteiger partial charge in [-0.1, -0.05) is 12.1 Å². The van der Waals surface area contributed by atoms with Crippen LogP contribution in [0.15, 0.2) is 77.7 Å². The van der Waals surface area contributed by atoms with Crippen LogP contribution in [-0.2, 0) is 10.0 Å². The van der Waals surface area contributed by atoms with Crippen molar-refractivity contribution in [2.24, 2.45) is 0 Å². The normalized spacial score (nSPS) is 14.6. The van der Waals surface area contributed by atoms with Gasteiger partial charge in [-0.25, -0.2) is 13.4 Å². The maximum atomic E-state index is 12.6. The summed E-state index contributed by atoms with van der Waals surface area (Å²) < 4.78 is 27.9. The third kappa shape index (κ3) is 4.04. The van der Waals surface area contributed by atoms with Gasteiger partial charge in [-0.05, 0) is 73.5 Å². The van der Waals surface area contributed by atoms with Crippen LogP contribution in [0.3, 0.4) is 0 Å². The van der Waals surface area contributed by atoms with E-state index < -0.39 is 10.0 Å². The first-order valence-corrected chi connectivity index (χ1v) is 12.6. The maximum Gasteiger partial charge on any atom is 0.255 e. The number of aromatic nitrogens is 1. The summed E-state index contributed by atoms with van der Waals surface area (Å²) >= 11 is 1.63. The van der Waals surface area contributed by atoms with Gasteiger partial charge in [0.05, 0.1) is 15.1 Å². The van der Waals surface area contributed by atoms with E-state index in [1.165, 1.54) is 16.4 Å². The second-order valence-electron chi connectivity index (χ2n) is 7.65. The first-order chi connectivity index (χ1) is 15.5. The van der Waals surface area contributed by atoms with Crippen molar-refractivity contribution in [3.05, 3.63) is 78.4 Å². The van der Waals surface area contributed by atoms with Gasteiger partial charge in [-0.3, -0.25) is 4.79 Å². The van der Waals surface area contributed by atoms with E-state index >= 15 is 0 Å². The molecule has 0 spiro atoms. The molecule has 1 aromatic heterocycles. The average molecular weight is 464 g/mol. The Bertz CT molecular complexity index is 1340. The fourth-order valence-electron chi connectivity index (χ4n) is 3.75. The van der Waals surface area contributed by atoms with E-state index in [4.69, 9.17) is 0 Å². The third-order valence-electron chi connectivity index (χ3n) is 5.50. The number of anilines is 1. The highest BCUT2D eigenvalue weighted by Crippen LogP contribution is 2.30. The van der Waals surface area contributed by atoms with Crippen LogP contribution < -0.4 is 5.32 Å². The Morgan fingerprint density at radius 3 is 2.28 bits per heavy atom. The smallest absolute Gasteiger partial charge is 0.255 e. The van der Waals surface area contributed by atoms with Gasteiger partial charge in [0.15, 0.2) is 0 Å². The van der Waals surface area contributed by atoms with E-state index in [9.17, 15) is 13.2 Å². The highest BCUT2D eigenvalue weighted by Gasteiger charge is 2.27. The largest absolute Gasteiger partial charge is 0.322 e. The molecule has 0 saturated carbocycles. The van der Waals surface area contributed by atoms with Crippen LogP contribution in [0.5, 0.6) is 0 Å². The Morgan fingerprint density at radius 2 is 1.59 bits per heavy atom. The standard InChI is InChI=1S/C24H21N3O3S2/c28-23(17-9-13-20(14-10-17)32(29,30)27-15-3-4-16-27)25-19-11-7-18(8-12-19)24-26-21-5-1-2-6-22(21)31-24/h1-2,5-14H,3-4,15-16H2,(H,25,28). The van der Waals surface area contributed by atoms with E-state index in [0.717, 1.165) is 33.6 Å². The number of carbonyl (C=O) groups excluding carboxylic acids is 1. The van der Waals surface area contributed by atoms with Crippen molar-refractivity contribution in [3.8, 4) is 10.6 Å². The van der Waals surface area contributed by atoms with Crippen LogP contribution >= 0.6 is 11.3 Å². The number of thiazole rings is 1. The van der Waals surface area contributed by atoms with E-state index in [-0.39, 0.29) is 10.8 Å². The van der Waals surface area contributed by atoms with Gasteiger partial charge in [0.2, 0.25) is 10.0 Å². The second-order valence-corrected chi connectivity index (χ2v) is 10.6. The minimum absolute atomic E-state index is 0.219. The number of hydrogen-bond acceptors (Lipinski definition) is 5. The molecule has 0 aliphatic carbocycles. The molecule has 8 heteroatoms. The lowest BCUT2D eigenvalue weighted by molar-refractivity contribution is 0.102. The zero-order valence-electron chi connectivity index (χ0n) is 17.2. The quantitative estimate of drug-likeness (QED) is 0.452. The van der Waals surface area contributed by atoms with Crippen molar-refractivity contribution < 1.29 is 13.2 Å². The summed E-state index contributed by atoms with van der Waals surface area (Å²) in [5.41, 5.74) is 3.02. The predicted octanol–water partition coefficient (Wildman–Crippen LogP) is 5.00. The van der Waals surface area contributed by atoms with E-state index in [0.29, 0.717) is 24.3 Å². The van der Waals surface area contributed by atoms with Crippen LogP contribution in [0.1, 0.15) is 23.2 Å². The molecule has 1 aliphatic heterocycles. The van der Waals surface area contributed by atoms with Crippen LogP contribution in [0.4, 0.5) is 5.69 Å². The summed E-state index contributed by atoms with van der Waals surface area (Å²) in [6.07, 6.45) is 1.77. The number of nitrogens with zero attached hydrogens (tertiary/aromatic N) is 2. The summed E-state index contributed by atoms with van der Waals surface area (Å²) in [4.78, 5) is 17.5. The van der Waals surface area contributed by atoms with E-state index in [2.05, 4.69) is 10.3 Å². The fraction of sp³-hybridized carbons (Fsp3) is 0.167. The lowest BCUT2D eigenvalue weighted by atomic mass is 10.2. The van der Waals surface area contributed by atoms with Crippen LogP contribution in [0, 0.1) is 0 Å². The van der Waals surface area contributed by atoms with Crippen LogP contribution in [0.2, 0.25) is 0 Å². The first-order valence-electron chi connectivity index (χ1n) is 10.4. The van der Waals surface area contributed by atoms with Gasteiger partial charge in [-0.2, -0.15) is 4.31 Å². The summed E-state index contributed by atoms with van der Waals surface area (Å²) in [7, 11) is -3.48. The molecule has 0 unspecified atom stereocenters. The second kappa shape index (κ2) is 8.46. The number of benzene rings is 3. The number of nitrogens with one attached hydrogen (secondary N) is 1. The van der Waals surface area contributed by atoms with Crippen molar-refractivity contribution in [1.29, 1.82) is 0 Å². The molecule has 1 N–H and O–H groups in total. The zero-order chi connectivity index (χ0) is 22.1. The molecule has 6 nitrogen and oxygen atoms in total. The molecule has 1 aliphatic rings. The van der Waals surface area contributed by atoms with Gasteiger partial charge in [0.1, 0.15) is 5.01 Å². The Morgan fingerprint density at radius 1 is 0.906 bits per heavy atom. The molecule has 1 saturated heterocycles. The van der Waals surface area contributed by atoms with Gasteiger partial charge < -0.3 is 5.32 Å². The number of carbonyl (C=O) groups is 1. The predicted molar refractivity (Wildman–Crippen MR) is 127 cm³/mol. The lowest BCUT2D eigenvalue weighted by Crippen LogP contribution is -2.27. The highest BCUT2D eigenvalue weighted by molar-refractivity contribution is 7.89. The third-order valence-corrected chi connectivity index (χ3v) is 8.50. The minimum atomic E-state index is -3.48. The Labute approximate surface area is 190 Å². The van der Waals surface area contributed by atoms with Gasteiger partial charge in [-0.15, -0.1) is 11.3 Å². The molecule has 5 rings (SSSR count). The molecular formula is C24H21N3O3S2. The molecule has 0 radical (unpaired) electrons. The molecule has 2 heterocycles. The summed E-state index contributed by atoms with van der Waals surface area (Å²) in [6.45, 7) is 1.11. The SMILES string of the molecule is O=C(Nc1ccc(-c2nc3ccccc3s2)cc1)c1ccc(S(=O)(=O)N2CCCC2)cc1. The number of hydrogen-bond donors (Lipinski definition) is 1. The lowest BCUT2D eigenvalue weighted by Gasteiger charge is -2.15. The summed E-state index contributed by atoms with van der Waals surface area (Å²) in [6, 6.07) is 21.6. The van der Waals surface area contributed by atoms with E-state index in [1.54, 1.807) is 23.5 Å². The monoisotopic (exact) mass is 463 g/mol. The van der Waals surface area contributed by atoms with Crippen molar-refractivity contribution in [2.45, 2.75) is 17.7 Å². The average Bonchev–Trinajstić information content (AvgIpc) is 3.50. The van der Waals surface area contributed by atoms with Gasteiger partial charge >= 0.3 is 0 Å². The molecule has 32 heavy (non-hydrogen) atoms. The summed E-state index contributed by atoms with van der Waals surface area (Å²) in [5, 5.41) is 3.79. The van der Waals surface area contributed by atoms with E-state index in [1.807, 2.05) is 48.5 Å². The summed E-state index contributed by atoms with van der Waals surface area (Å²) in [5.74, 6) is -0.289. The van der Waals surface area contributed by atoms with Gasteiger partial charge in [0.25, 0.3) is 5.91 Å². The van der Waals surface area contributed by atoms with Crippen molar-refractivity contribution in [2.75, 3.05) is 18.4 Å². The number of para-hydroxylation sites is 1. The molecule has 4 aromatic rings. The molecule has 0 bridgehead atoms. The van der Waals surface area contributed by atoms with Crippen LogP contribution in [-0.4, -0.2) is 36.7 Å². The number of fused-ring (bicyclic) bond motifs is 1. The maximum absolute atomic E-state index is 12.6.